The van der Waals surface area contributed by atoms with Gasteiger partial charge in [-0.05, 0) is 50.1 Å². The molecule has 1 unspecified atom stereocenters. The van der Waals surface area contributed by atoms with Gasteiger partial charge in [0.1, 0.15) is 5.75 Å². The highest BCUT2D eigenvalue weighted by molar-refractivity contribution is 14.0. The molecule has 3 rings (SSSR count). The number of ether oxygens (including phenoxy) is 3. The molecule has 1 aliphatic heterocycles. The summed E-state index contributed by atoms with van der Waals surface area (Å²) in [4.78, 5) is 7.14. The number of nitrogens with one attached hydrogen (secondary N) is 2. The SMILES string of the molecule is CCNC(=NCc1ccc(OCC)c(OC)c1)NC1CCN(c2ccccc2OC)C1.I. The first-order valence-electron chi connectivity index (χ1n) is 10.9. The van der Waals surface area contributed by atoms with Crippen LogP contribution in [0.4, 0.5) is 5.69 Å². The Morgan fingerprint density at radius 2 is 1.84 bits per heavy atom. The molecule has 2 aromatic rings. The van der Waals surface area contributed by atoms with Crippen LogP contribution in [0.25, 0.3) is 0 Å². The normalized spacial score (nSPS) is 15.7. The number of hydrogen-bond donors (Lipinski definition) is 2. The van der Waals surface area contributed by atoms with E-state index in [9.17, 15) is 0 Å². The Labute approximate surface area is 208 Å². The maximum Gasteiger partial charge on any atom is 0.191 e. The first-order valence-corrected chi connectivity index (χ1v) is 10.9. The Hall–Kier alpha value is -2.36. The number of halogens is 1. The molecule has 176 valence electrons. The third-order valence-corrected chi connectivity index (χ3v) is 5.25. The van der Waals surface area contributed by atoms with Crippen molar-refractivity contribution >= 4 is 35.6 Å². The topological polar surface area (TPSA) is 67.4 Å². The lowest BCUT2D eigenvalue weighted by Gasteiger charge is -2.22. The summed E-state index contributed by atoms with van der Waals surface area (Å²) < 4.78 is 16.6. The molecule has 1 saturated heterocycles. The van der Waals surface area contributed by atoms with Crippen molar-refractivity contribution in [3.05, 3.63) is 48.0 Å². The molecule has 0 amide bonds. The Morgan fingerprint density at radius 3 is 2.56 bits per heavy atom. The lowest BCUT2D eigenvalue weighted by atomic mass is 10.2. The second kappa shape index (κ2) is 13.2. The smallest absolute Gasteiger partial charge is 0.191 e. The van der Waals surface area contributed by atoms with Crippen LogP contribution in [0, 0.1) is 0 Å². The van der Waals surface area contributed by atoms with Crippen molar-refractivity contribution in [1.29, 1.82) is 0 Å². The van der Waals surface area contributed by atoms with Crippen LogP contribution >= 0.6 is 24.0 Å². The fourth-order valence-corrected chi connectivity index (χ4v) is 3.76. The molecular weight excluding hydrogens is 519 g/mol. The largest absolute Gasteiger partial charge is 0.495 e. The average Bonchev–Trinajstić information content (AvgIpc) is 3.26. The van der Waals surface area contributed by atoms with Gasteiger partial charge in [0.2, 0.25) is 0 Å². The molecular formula is C24H35IN4O3. The molecule has 1 fully saturated rings. The van der Waals surface area contributed by atoms with Crippen molar-refractivity contribution in [3.63, 3.8) is 0 Å². The molecule has 1 aliphatic rings. The molecule has 0 radical (unpaired) electrons. The van der Waals surface area contributed by atoms with Gasteiger partial charge in [-0.25, -0.2) is 4.99 Å². The summed E-state index contributed by atoms with van der Waals surface area (Å²) >= 11 is 0. The second-order valence-electron chi connectivity index (χ2n) is 7.36. The lowest BCUT2D eigenvalue weighted by Crippen LogP contribution is -2.44. The van der Waals surface area contributed by atoms with Crippen LogP contribution in [-0.4, -0.2) is 52.5 Å². The van der Waals surface area contributed by atoms with Crippen LogP contribution < -0.4 is 29.7 Å². The van der Waals surface area contributed by atoms with Gasteiger partial charge < -0.3 is 29.7 Å². The van der Waals surface area contributed by atoms with Gasteiger partial charge in [-0.3, -0.25) is 0 Å². The van der Waals surface area contributed by atoms with Crippen LogP contribution in [0.5, 0.6) is 17.2 Å². The van der Waals surface area contributed by atoms with Crippen LogP contribution in [0.15, 0.2) is 47.5 Å². The number of methoxy groups -OCH3 is 2. The lowest BCUT2D eigenvalue weighted by molar-refractivity contribution is 0.310. The fourth-order valence-electron chi connectivity index (χ4n) is 3.76. The van der Waals surface area contributed by atoms with E-state index in [0.717, 1.165) is 60.5 Å². The molecule has 7 nitrogen and oxygen atoms in total. The van der Waals surface area contributed by atoms with Crippen molar-refractivity contribution in [2.45, 2.75) is 32.9 Å². The average molecular weight is 554 g/mol. The molecule has 8 heteroatoms. The molecule has 0 aromatic heterocycles. The predicted octanol–water partition coefficient (Wildman–Crippen LogP) is 4.05. The molecule has 1 atom stereocenters. The highest BCUT2D eigenvalue weighted by Gasteiger charge is 2.25. The summed E-state index contributed by atoms with van der Waals surface area (Å²) in [6, 6.07) is 14.4. The number of benzene rings is 2. The minimum absolute atomic E-state index is 0. The Kier molecular flexibility index (Phi) is 10.7. The number of rotatable bonds is 9. The first-order chi connectivity index (χ1) is 15.2. The number of nitrogens with zero attached hydrogens (tertiary/aromatic N) is 2. The van der Waals surface area contributed by atoms with Gasteiger partial charge in [0.25, 0.3) is 0 Å². The van der Waals surface area contributed by atoms with E-state index < -0.39 is 0 Å². The Bertz CT molecular complexity index is 878. The molecule has 0 spiro atoms. The van der Waals surface area contributed by atoms with Crippen LogP contribution in [0.2, 0.25) is 0 Å². The van der Waals surface area contributed by atoms with E-state index in [1.165, 1.54) is 0 Å². The van der Waals surface area contributed by atoms with E-state index in [0.29, 0.717) is 19.2 Å². The molecule has 0 aliphatic carbocycles. The molecule has 1 heterocycles. The second-order valence-corrected chi connectivity index (χ2v) is 7.36. The van der Waals surface area contributed by atoms with Crippen LogP contribution in [0.1, 0.15) is 25.8 Å². The Morgan fingerprint density at radius 1 is 1.06 bits per heavy atom. The molecule has 2 N–H and O–H groups in total. The molecule has 2 aromatic carbocycles. The van der Waals surface area contributed by atoms with Gasteiger partial charge in [0.05, 0.1) is 33.1 Å². The summed E-state index contributed by atoms with van der Waals surface area (Å²) in [5, 5.41) is 6.94. The maximum atomic E-state index is 5.60. The number of para-hydroxylation sites is 2. The minimum atomic E-state index is 0. The summed E-state index contributed by atoms with van der Waals surface area (Å²) in [6.45, 7) is 7.89. The van der Waals surface area contributed by atoms with Crippen molar-refractivity contribution in [2.75, 3.05) is 45.4 Å². The van der Waals surface area contributed by atoms with Crippen LogP contribution in [-0.2, 0) is 6.54 Å². The van der Waals surface area contributed by atoms with Gasteiger partial charge in [0.15, 0.2) is 17.5 Å². The first kappa shape index (κ1) is 25.9. The van der Waals surface area contributed by atoms with E-state index in [1.54, 1.807) is 14.2 Å². The predicted molar refractivity (Wildman–Crippen MR) is 141 cm³/mol. The summed E-state index contributed by atoms with van der Waals surface area (Å²) in [7, 11) is 3.38. The van der Waals surface area contributed by atoms with Gasteiger partial charge in [-0.1, -0.05) is 18.2 Å². The third-order valence-electron chi connectivity index (χ3n) is 5.25. The third kappa shape index (κ3) is 6.82. The number of guanidine groups is 1. The highest BCUT2D eigenvalue weighted by atomic mass is 127. The minimum Gasteiger partial charge on any atom is -0.495 e. The van der Waals surface area contributed by atoms with Gasteiger partial charge in [-0.2, -0.15) is 0 Å². The zero-order chi connectivity index (χ0) is 22.1. The van der Waals surface area contributed by atoms with E-state index >= 15 is 0 Å². The van der Waals surface area contributed by atoms with Crippen molar-refractivity contribution in [3.8, 4) is 17.2 Å². The van der Waals surface area contributed by atoms with E-state index in [4.69, 9.17) is 19.2 Å². The number of hydrogen-bond acceptors (Lipinski definition) is 5. The summed E-state index contributed by atoms with van der Waals surface area (Å²) in [5.41, 5.74) is 2.21. The fraction of sp³-hybridized carbons (Fsp3) is 0.458. The van der Waals surface area contributed by atoms with E-state index in [-0.39, 0.29) is 24.0 Å². The maximum absolute atomic E-state index is 5.60. The van der Waals surface area contributed by atoms with Crippen molar-refractivity contribution in [1.82, 2.24) is 10.6 Å². The zero-order valence-corrected chi connectivity index (χ0v) is 21.7. The van der Waals surface area contributed by atoms with Gasteiger partial charge in [-0.15, -0.1) is 24.0 Å². The molecule has 32 heavy (non-hydrogen) atoms. The van der Waals surface area contributed by atoms with Gasteiger partial charge in [0, 0.05) is 25.7 Å². The number of anilines is 1. The standard InChI is InChI=1S/C24H34N4O3.HI/c1-5-25-24(26-16-18-11-12-22(31-6-2)23(15-18)30-4)27-19-13-14-28(17-19)20-9-7-8-10-21(20)29-3;/h7-12,15,19H,5-6,13-14,16-17H2,1-4H3,(H2,25,26,27);1H. The zero-order valence-electron chi connectivity index (χ0n) is 19.4. The summed E-state index contributed by atoms with van der Waals surface area (Å²) in [6.07, 6.45) is 1.04. The van der Waals surface area contributed by atoms with Crippen molar-refractivity contribution in [2.24, 2.45) is 4.99 Å². The van der Waals surface area contributed by atoms with Crippen molar-refractivity contribution < 1.29 is 14.2 Å². The highest BCUT2D eigenvalue weighted by Crippen LogP contribution is 2.30. The number of aliphatic imine (C=N–C) groups is 1. The monoisotopic (exact) mass is 554 g/mol. The quantitative estimate of drug-likeness (QED) is 0.277. The summed E-state index contributed by atoms with van der Waals surface area (Å²) in [5.74, 6) is 3.22. The van der Waals surface area contributed by atoms with Crippen LogP contribution in [0.3, 0.4) is 0 Å². The van der Waals surface area contributed by atoms with E-state index in [2.05, 4.69) is 34.6 Å². The van der Waals surface area contributed by atoms with E-state index in [1.807, 2.05) is 37.3 Å². The molecule has 0 saturated carbocycles. The van der Waals surface area contributed by atoms with Gasteiger partial charge >= 0.3 is 0 Å². The molecule has 0 bridgehead atoms. The Balaban J connectivity index is 0.00000363.